The maximum Gasteiger partial charge on any atom is 0.292 e. The van der Waals surface area contributed by atoms with Gasteiger partial charge < -0.3 is 18.9 Å². The number of amides is 1. The second-order valence-electron chi connectivity index (χ2n) is 6.31. The highest BCUT2D eigenvalue weighted by Crippen LogP contribution is 2.34. The molecule has 4 rings (SSSR count). The average molecular weight is 360 g/mol. The molecule has 0 aliphatic carbocycles. The molecule has 1 aromatic carbocycles. The van der Waals surface area contributed by atoms with Crippen molar-refractivity contribution in [2.45, 2.75) is 19.3 Å². The average Bonchev–Trinajstić information content (AvgIpc) is 3.31. The number of benzene rings is 1. The van der Waals surface area contributed by atoms with Crippen LogP contribution < -0.4 is 9.47 Å². The normalized spacial score (nSPS) is 17.6. The highest BCUT2D eigenvalue weighted by molar-refractivity contribution is 7.99. The predicted octanol–water partition coefficient (Wildman–Crippen LogP) is 2.94. The van der Waals surface area contributed by atoms with Crippen LogP contribution in [0.3, 0.4) is 0 Å². The van der Waals surface area contributed by atoms with Crippen molar-refractivity contribution in [3.8, 4) is 11.5 Å². The molecule has 7 heteroatoms. The first-order chi connectivity index (χ1) is 12.2. The van der Waals surface area contributed by atoms with Crippen molar-refractivity contribution in [3.05, 3.63) is 41.3 Å². The maximum absolute atomic E-state index is 12.5. The van der Waals surface area contributed by atoms with Crippen LogP contribution in [-0.4, -0.2) is 47.4 Å². The number of carbonyl (C=O) groups is 1. The van der Waals surface area contributed by atoms with Crippen LogP contribution in [0.15, 0.2) is 28.8 Å². The van der Waals surface area contributed by atoms with E-state index >= 15 is 0 Å². The molecular formula is C18H20N2O4S. The van der Waals surface area contributed by atoms with E-state index < -0.39 is 0 Å². The van der Waals surface area contributed by atoms with Gasteiger partial charge in [0, 0.05) is 36.6 Å². The first-order valence-corrected chi connectivity index (χ1v) is 9.58. The SMILES string of the molecule is CC(Cc1ccc2c(c1)OCO2)c1cc(C(=O)N2CCSCC2)on1. The lowest BCUT2D eigenvalue weighted by atomic mass is 9.97. The van der Waals surface area contributed by atoms with Gasteiger partial charge in [0.25, 0.3) is 5.91 Å². The molecule has 0 bridgehead atoms. The summed E-state index contributed by atoms with van der Waals surface area (Å²) in [6.07, 6.45) is 0.789. The monoisotopic (exact) mass is 360 g/mol. The second kappa shape index (κ2) is 7.00. The first-order valence-electron chi connectivity index (χ1n) is 8.43. The minimum absolute atomic E-state index is 0.0608. The first kappa shape index (κ1) is 16.3. The van der Waals surface area contributed by atoms with Gasteiger partial charge in [0.15, 0.2) is 11.5 Å². The van der Waals surface area contributed by atoms with Crippen LogP contribution in [0.4, 0.5) is 0 Å². The van der Waals surface area contributed by atoms with Crippen LogP contribution in [0.25, 0.3) is 0 Å². The molecule has 1 atom stereocenters. The molecule has 1 saturated heterocycles. The van der Waals surface area contributed by atoms with Gasteiger partial charge in [-0.2, -0.15) is 11.8 Å². The molecule has 0 radical (unpaired) electrons. The third-order valence-electron chi connectivity index (χ3n) is 4.52. The molecule has 0 spiro atoms. The smallest absolute Gasteiger partial charge is 0.292 e. The van der Waals surface area contributed by atoms with Crippen molar-refractivity contribution in [3.63, 3.8) is 0 Å². The summed E-state index contributed by atoms with van der Waals surface area (Å²) < 4.78 is 16.1. The number of carbonyl (C=O) groups excluding carboxylic acids is 1. The summed E-state index contributed by atoms with van der Waals surface area (Å²) in [6.45, 7) is 3.89. The topological polar surface area (TPSA) is 64.8 Å². The zero-order valence-corrected chi connectivity index (χ0v) is 14.9. The highest BCUT2D eigenvalue weighted by atomic mass is 32.2. The molecule has 2 aliphatic heterocycles. The third-order valence-corrected chi connectivity index (χ3v) is 5.46. The van der Waals surface area contributed by atoms with Crippen molar-refractivity contribution < 1.29 is 18.8 Å². The number of hydrogen-bond donors (Lipinski definition) is 0. The molecule has 1 amide bonds. The van der Waals surface area contributed by atoms with Crippen LogP contribution >= 0.6 is 11.8 Å². The van der Waals surface area contributed by atoms with Gasteiger partial charge in [-0.15, -0.1) is 0 Å². The molecule has 1 aromatic heterocycles. The van der Waals surface area contributed by atoms with E-state index in [0.717, 1.165) is 53.8 Å². The van der Waals surface area contributed by atoms with Gasteiger partial charge in [0.05, 0.1) is 5.69 Å². The molecule has 1 fully saturated rings. The summed E-state index contributed by atoms with van der Waals surface area (Å²) in [5, 5.41) is 4.12. The lowest BCUT2D eigenvalue weighted by Gasteiger charge is -2.25. The molecule has 2 aromatic rings. The number of aromatic nitrogens is 1. The van der Waals surface area contributed by atoms with Gasteiger partial charge in [0.1, 0.15) is 0 Å². The Morgan fingerprint density at radius 3 is 2.88 bits per heavy atom. The Bertz CT molecular complexity index is 770. The van der Waals surface area contributed by atoms with Crippen LogP contribution in [-0.2, 0) is 6.42 Å². The summed E-state index contributed by atoms with van der Waals surface area (Å²) in [7, 11) is 0. The van der Waals surface area contributed by atoms with Crippen molar-refractivity contribution >= 4 is 17.7 Å². The summed E-state index contributed by atoms with van der Waals surface area (Å²) in [4.78, 5) is 14.3. The Balaban J connectivity index is 1.43. The number of ether oxygens (including phenoxy) is 2. The van der Waals surface area contributed by atoms with E-state index in [1.165, 1.54) is 0 Å². The van der Waals surface area contributed by atoms with Gasteiger partial charge in [-0.1, -0.05) is 18.1 Å². The minimum atomic E-state index is -0.0608. The molecule has 6 nitrogen and oxygen atoms in total. The van der Waals surface area contributed by atoms with Crippen molar-refractivity contribution in [1.82, 2.24) is 10.1 Å². The molecule has 2 aliphatic rings. The van der Waals surface area contributed by atoms with E-state index in [1.54, 1.807) is 6.07 Å². The second-order valence-corrected chi connectivity index (χ2v) is 7.54. The summed E-state index contributed by atoms with van der Waals surface area (Å²) in [5.41, 5.74) is 1.94. The Hall–Kier alpha value is -2.15. The minimum Gasteiger partial charge on any atom is -0.454 e. The fraction of sp³-hybridized carbons (Fsp3) is 0.444. The van der Waals surface area contributed by atoms with Crippen molar-refractivity contribution in [2.75, 3.05) is 31.4 Å². The molecular weight excluding hydrogens is 340 g/mol. The molecule has 1 unspecified atom stereocenters. The molecule has 0 N–H and O–H groups in total. The third kappa shape index (κ3) is 3.46. The number of rotatable bonds is 4. The number of thioether (sulfide) groups is 1. The van der Waals surface area contributed by atoms with E-state index in [0.29, 0.717) is 5.76 Å². The molecule has 25 heavy (non-hydrogen) atoms. The summed E-state index contributed by atoms with van der Waals surface area (Å²) >= 11 is 1.87. The number of fused-ring (bicyclic) bond motifs is 1. The Kier molecular flexibility index (Phi) is 4.57. The van der Waals surface area contributed by atoms with E-state index in [4.69, 9.17) is 14.0 Å². The van der Waals surface area contributed by atoms with Crippen LogP contribution in [0.2, 0.25) is 0 Å². The van der Waals surface area contributed by atoms with Gasteiger partial charge in [0.2, 0.25) is 12.6 Å². The number of hydrogen-bond acceptors (Lipinski definition) is 6. The lowest BCUT2D eigenvalue weighted by molar-refractivity contribution is 0.0730. The van der Waals surface area contributed by atoms with E-state index in [1.807, 2.05) is 34.9 Å². The van der Waals surface area contributed by atoms with E-state index in [2.05, 4.69) is 12.1 Å². The Morgan fingerprint density at radius 1 is 1.24 bits per heavy atom. The van der Waals surface area contributed by atoms with Gasteiger partial charge in [-0.3, -0.25) is 4.79 Å². The summed E-state index contributed by atoms with van der Waals surface area (Å²) in [5.74, 6) is 3.94. The largest absolute Gasteiger partial charge is 0.454 e. The Morgan fingerprint density at radius 2 is 2.04 bits per heavy atom. The molecule has 3 heterocycles. The standard InChI is InChI=1S/C18H20N2O4S/c1-12(8-13-2-3-15-16(9-13)23-11-22-15)14-10-17(24-19-14)18(21)20-4-6-25-7-5-20/h2-3,9-10,12H,4-8,11H2,1H3. The lowest BCUT2D eigenvalue weighted by Crippen LogP contribution is -2.37. The van der Waals surface area contributed by atoms with Crippen LogP contribution in [0, 0.1) is 0 Å². The predicted molar refractivity (Wildman–Crippen MR) is 94.4 cm³/mol. The Labute approximate surface area is 150 Å². The van der Waals surface area contributed by atoms with Gasteiger partial charge >= 0.3 is 0 Å². The zero-order chi connectivity index (χ0) is 17.2. The highest BCUT2D eigenvalue weighted by Gasteiger charge is 2.24. The van der Waals surface area contributed by atoms with Gasteiger partial charge in [-0.25, -0.2) is 0 Å². The van der Waals surface area contributed by atoms with Crippen molar-refractivity contribution in [1.29, 1.82) is 0 Å². The molecule has 0 saturated carbocycles. The quantitative estimate of drug-likeness (QED) is 0.835. The van der Waals surface area contributed by atoms with Gasteiger partial charge in [-0.05, 0) is 24.1 Å². The molecule has 132 valence electrons. The van der Waals surface area contributed by atoms with Crippen LogP contribution in [0.1, 0.15) is 34.7 Å². The fourth-order valence-electron chi connectivity index (χ4n) is 3.07. The zero-order valence-electron chi connectivity index (χ0n) is 14.1. The van der Waals surface area contributed by atoms with E-state index in [-0.39, 0.29) is 18.6 Å². The summed E-state index contributed by atoms with van der Waals surface area (Å²) in [6, 6.07) is 7.73. The van der Waals surface area contributed by atoms with Crippen LogP contribution in [0.5, 0.6) is 11.5 Å². The number of nitrogens with zero attached hydrogens (tertiary/aromatic N) is 2. The fourth-order valence-corrected chi connectivity index (χ4v) is 3.97. The van der Waals surface area contributed by atoms with E-state index in [9.17, 15) is 4.79 Å². The van der Waals surface area contributed by atoms with Crippen molar-refractivity contribution in [2.24, 2.45) is 0 Å². The maximum atomic E-state index is 12.5.